The van der Waals surface area contributed by atoms with Gasteiger partial charge in [0.05, 0.1) is 28.9 Å². The third-order valence-corrected chi connectivity index (χ3v) is 10.4. The highest BCUT2D eigenvalue weighted by Crippen LogP contribution is 2.53. The predicted molar refractivity (Wildman–Crippen MR) is 177 cm³/mol. The van der Waals surface area contributed by atoms with E-state index in [-0.39, 0.29) is 16.3 Å². The second-order valence-corrected chi connectivity index (χ2v) is 13.3. The first-order valence-electron chi connectivity index (χ1n) is 15.2. The number of aliphatic carboxylic acids is 1. The van der Waals surface area contributed by atoms with E-state index in [2.05, 4.69) is 16.0 Å². The summed E-state index contributed by atoms with van der Waals surface area (Å²) in [6, 6.07) is 20.4. The molecule has 1 aromatic heterocycles. The molecule has 0 spiro atoms. The van der Waals surface area contributed by atoms with Crippen molar-refractivity contribution in [2.45, 2.75) is 23.5 Å². The molecule has 17 heteroatoms. The summed E-state index contributed by atoms with van der Waals surface area (Å²) >= 11 is 6.25. The number of carbonyl (C=O) groups is 2. The third kappa shape index (κ3) is 6.92. The van der Waals surface area contributed by atoms with E-state index >= 15 is 4.79 Å². The quantitative estimate of drug-likeness (QED) is 0.238. The lowest BCUT2D eigenvalue weighted by Gasteiger charge is -2.46. The minimum atomic E-state index is -5.08. The number of nitriles is 1. The van der Waals surface area contributed by atoms with Gasteiger partial charge in [-0.2, -0.15) is 18.4 Å². The van der Waals surface area contributed by atoms with Crippen molar-refractivity contribution < 1.29 is 45.4 Å². The van der Waals surface area contributed by atoms with Gasteiger partial charge in [0, 0.05) is 55.4 Å². The van der Waals surface area contributed by atoms with E-state index in [1.54, 1.807) is 42.7 Å². The maximum absolute atomic E-state index is 15.1. The number of amides is 1. The number of pyridine rings is 1. The van der Waals surface area contributed by atoms with Crippen molar-refractivity contribution in [1.29, 1.82) is 5.26 Å². The zero-order valence-electron chi connectivity index (χ0n) is 26.6. The van der Waals surface area contributed by atoms with Gasteiger partial charge in [-0.3, -0.25) is 14.7 Å². The number of aromatic nitrogens is 1. The molecule has 11 nitrogen and oxygen atoms in total. The Morgan fingerprint density at radius 2 is 1.67 bits per heavy atom. The Balaban J connectivity index is 0.000000654. The number of para-hydroxylation sites is 1. The molecule has 0 saturated carbocycles. The fraction of sp³-hybridized carbons (Fsp3) is 0.235. The van der Waals surface area contributed by atoms with E-state index in [9.17, 15) is 31.2 Å². The van der Waals surface area contributed by atoms with E-state index in [0.29, 0.717) is 49.7 Å². The number of halogens is 5. The molecule has 3 aromatic carbocycles. The van der Waals surface area contributed by atoms with E-state index in [0.717, 1.165) is 28.2 Å². The molecule has 266 valence electrons. The zero-order valence-corrected chi connectivity index (χ0v) is 28.2. The number of carboxylic acid groups (broad SMARTS) is 1. The number of nitrogens with zero attached hydrogens (tertiary/aromatic N) is 5. The Kier molecular flexibility index (Phi) is 10.6. The van der Waals surface area contributed by atoms with Crippen molar-refractivity contribution in [3.05, 3.63) is 113 Å². The second kappa shape index (κ2) is 14.5. The molecule has 51 heavy (non-hydrogen) atoms. The number of anilines is 2. The average Bonchev–Trinajstić information content (AvgIpc) is 3.37. The van der Waals surface area contributed by atoms with Crippen LogP contribution in [0.2, 0.25) is 5.02 Å². The summed E-state index contributed by atoms with van der Waals surface area (Å²) in [6.45, 7) is 3.92. The lowest BCUT2D eigenvalue weighted by molar-refractivity contribution is -0.192. The smallest absolute Gasteiger partial charge is 0.490 e. The second-order valence-electron chi connectivity index (χ2n) is 11.1. The Bertz CT molecular complexity index is 2110. The normalized spacial score (nSPS) is 17.6. The van der Waals surface area contributed by atoms with Gasteiger partial charge in [0.25, 0.3) is 15.9 Å². The number of rotatable bonds is 7. The van der Waals surface area contributed by atoms with Crippen molar-refractivity contribution in [2.75, 3.05) is 42.0 Å². The van der Waals surface area contributed by atoms with Crippen LogP contribution in [-0.4, -0.2) is 74.2 Å². The van der Waals surface area contributed by atoms with Gasteiger partial charge < -0.3 is 14.7 Å². The Labute approximate surface area is 294 Å². The van der Waals surface area contributed by atoms with Gasteiger partial charge in [-0.15, -0.1) is 0 Å². The number of fused-ring (bicyclic) bond motifs is 1. The van der Waals surface area contributed by atoms with Gasteiger partial charge in [-0.1, -0.05) is 29.8 Å². The summed E-state index contributed by atoms with van der Waals surface area (Å²) < 4.78 is 81.1. The van der Waals surface area contributed by atoms with Gasteiger partial charge >= 0.3 is 12.1 Å². The lowest BCUT2D eigenvalue weighted by atomic mass is 9.80. The van der Waals surface area contributed by atoms with Crippen LogP contribution in [0.1, 0.15) is 23.6 Å². The molecule has 0 radical (unpaired) electrons. The molecule has 1 atom stereocenters. The standard InChI is InChI=1S/C32H27ClFN5O4S.C2HF3O2/c1-2-43-29-6-4-3-5-25(29)32(38-17-15-37(16-18-38)24-11-13-36-14-12-24)26-19-22(21-35)7-9-28(26)39(31(32)40)44(41,42)30-10-8-23(34)20-27(30)33;3-2(4,5)1(6)7/h3-14,19-20H,2,15-18H2,1H3;(H,6,7). The van der Waals surface area contributed by atoms with Crippen molar-refractivity contribution >= 4 is 44.9 Å². The van der Waals surface area contributed by atoms with Crippen molar-refractivity contribution in [2.24, 2.45) is 0 Å². The van der Waals surface area contributed by atoms with E-state index < -0.39 is 44.3 Å². The highest BCUT2D eigenvalue weighted by atomic mass is 35.5. The number of benzene rings is 3. The van der Waals surface area contributed by atoms with Crippen LogP contribution in [0, 0.1) is 17.1 Å². The largest absolute Gasteiger partial charge is 0.493 e. The molecule has 2 aliphatic rings. The molecule has 6 rings (SSSR count). The number of ether oxygens (including phenoxy) is 1. The van der Waals surface area contributed by atoms with E-state index in [1.807, 2.05) is 24.0 Å². The average molecular weight is 746 g/mol. The highest BCUT2D eigenvalue weighted by Gasteiger charge is 2.60. The summed E-state index contributed by atoms with van der Waals surface area (Å²) in [5, 5.41) is 16.7. The van der Waals surface area contributed by atoms with Gasteiger partial charge in [0.2, 0.25) is 0 Å². The number of hydrogen-bond donors (Lipinski definition) is 1. The summed E-state index contributed by atoms with van der Waals surface area (Å²) in [4.78, 5) is 31.8. The van der Waals surface area contributed by atoms with Crippen LogP contribution >= 0.6 is 11.6 Å². The summed E-state index contributed by atoms with van der Waals surface area (Å²) in [6.07, 6.45) is -1.66. The number of piperazine rings is 1. The Morgan fingerprint density at radius 1 is 1.02 bits per heavy atom. The van der Waals surface area contributed by atoms with Crippen LogP contribution in [0.15, 0.2) is 90.1 Å². The van der Waals surface area contributed by atoms with Crippen LogP contribution in [0.4, 0.5) is 28.9 Å². The molecular formula is C34H28ClF4N5O6S. The topological polar surface area (TPSA) is 144 Å². The molecular weight excluding hydrogens is 718 g/mol. The number of carboxylic acids is 1. The van der Waals surface area contributed by atoms with Gasteiger partial charge in [0.15, 0.2) is 5.54 Å². The van der Waals surface area contributed by atoms with Crippen LogP contribution in [0.3, 0.4) is 0 Å². The molecule has 0 bridgehead atoms. The zero-order chi connectivity index (χ0) is 37.1. The summed E-state index contributed by atoms with van der Waals surface area (Å²) in [5.74, 6) is -3.83. The van der Waals surface area contributed by atoms with E-state index in [4.69, 9.17) is 26.2 Å². The summed E-state index contributed by atoms with van der Waals surface area (Å²) in [5.41, 5.74) is 0.402. The first-order valence-corrected chi connectivity index (χ1v) is 17.0. The molecule has 1 unspecified atom stereocenters. The monoisotopic (exact) mass is 745 g/mol. The molecule has 1 amide bonds. The maximum atomic E-state index is 15.1. The SMILES string of the molecule is CCOc1ccccc1C1(N2CCN(c3ccncc3)CC2)C(=O)N(S(=O)(=O)c2ccc(F)cc2Cl)c2ccc(C#N)cc21.O=C(O)C(F)(F)F. The Morgan fingerprint density at radius 3 is 2.25 bits per heavy atom. The first kappa shape index (κ1) is 37.0. The minimum Gasteiger partial charge on any atom is -0.493 e. The fourth-order valence-corrected chi connectivity index (χ4v) is 8.07. The van der Waals surface area contributed by atoms with Crippen molar-refractivity contribution in [3.8, 4) is 11.8 Å². The van der Waals surface area contributed by atoms with Crippen LogP contribution < -0.4 is 13.9 Å². The summed E-state index contributed by atoms with van der Waals surface area (Å²) in [7, 11) is -4.65. The maximum Gasteiger partial charge on any atom is 0.490 e. The van der Waals surface area contributed by atoms with Crippen molar-refractivity contribution in [3.63, 3.8) is 0 Å². The molecule has 1 saturated heterocycles. The highest BCUT2D eigenvalue weighted by molar-refractivity contribution is 7.93. The molecule has 1 fully saturated rings. The first-order chi connectivity index (χ1) is 24.2. The molecule has 2 aliphatic heterocycles. The van der Waals surface area contributed by atoms with Crippen LogP contribution in [0.5, 0.6) is 5.75 Å². The third-order valence-electron chi connectivity index (χ3n) is 8.24. The predicted octanol–water partition coefficient (Wildman–Crippen LogP) is 5.58. The molecule has 3 heterocycles. The fourth-order valence-electron chi connectivity index (χ4n) is 6.10. The number of carbonyl (C=O) groups excluding carboxylic acids is 1. The number of hydrogen-bond acceptors (Lipinski definition) is 9. The number of sulfonamides is 1. The number of alkyl halides is 3. The van der Waals surface area contributed by atoms with Crippen LogP contribution in [0.25, 0.3) is 0 Å². The van der Waals surface area contributed by atoms with Gasteiger partial charge in [-0.05, 0) is 61.5 Å². The van der Waals surface area contributed by atoms with Crippen LogP contribution in [-0.2, 0) is 25.2 Å². The van der Waals surface area contributed by atoms with Crippen molar-refractivity contribution in [1.82, 2.24) is 9.88 Å². The lowest BCUT2D eigenvalue weighted by Crippen LogP contribution is -2.60. The van der Waals surface area contributed by atoms with Gasteiger partial charge in [-0.25, -0.2) is 21.9 Å². The molecule has 4 aromatic rings. The minimum absolute atomic E-state index is 0.0808. The van der Waals surface area contributed by atoms with Gasteiger partial charge in [0.1, 0.15) is 16.5 Å². The molecule has 0 aliphatic carbocycles. The Hall–Kier alpha value is -5.24. The molecule has 1 N–H and O–H groups in total. The van der Waals surface area contributed by atoms with E-state index in [1.165, 1.54) is 12.1 Å².